The van der Waals surface area contributed by atoms with Gasteiger partial charge in [0, 0.05) is 6.54 Å². The van der Waals surface area contributed by atoms with Crippen LogP contribution in [0.25, 0.3) is 0 Å². The Morgan fingerprint density at radius 1 is 1.00 bits per heavy atom. The van der Waals surface area contributed by atoms with E-state index in [1.165, 1.54) is 6.92 Å². The normalized spacial score (nSPS) is 14.0. The molecular weight excluding hydrogens is 348 g/mol. The zero-order chi connectivity index (χ0) is 20.0. The van der Waals surface area contributed by atoms with Crippen molar-refractivity contribution in [1.29, 1.82) is 0 Å². The Labute approximate surface area is 159 Å². The molecule has 5 heteroatoms. The molecule has 27 heavy (non-hydrogen) atoms. The molecule has 146 valence electrons. The van der Waals surface area contributed by atoms with Crippen LogP contribution in [0.4, 0.5) is 8.78 Å². The minimum absolute atomic E-state index is 0.00692. The Bertz CT molecular complexity index is 730. The van der Waals surface area contributed by atoms with Crippen molar-refractivity contribution >= 4 is 5.91 Å². The summed E-state index contributed by atoms with van der Waals surface area (Å²) in [5, 5.41) is 12.3. The molecule has 0 fully saturated rings. The molecule has 2 unspecified atom stereocenters. The van der Waals surface area contributed by atoms with E-state index < -0.39 is 23.9 Å². The lowest BCUT2D eigenvalue weighted by molar-refractivity contribution is -0.169. The average molecular weight is 375 g/mol. The van der Waals surface area contributed by atoms with Gasteiger partial charge in [0.25, 0.3) is 5.91 Å². The number of nitrogens with one attached hydrogen (secondary N) is 1. The summed E-state index contributed by atoms with van der Waals surface area (Å²) in [6, 6.07) is 16.5. The number of halogens is 2. The summed E-state index contributed by atoms with van der Waals surface area (Å²) in [5.74, 6) is -5.69. The molecule has 0 bridgehead atoms. The first-order valence-electron chi connectivity index (χ1n) is 9.18. The zero-order valence-electron chi connectivity index (χ0n) is 16.0. The SMILES string of the molecule is CC(C)c1ccc(CC(C)C(O)C(F)(F)C(=O)NCc2ccccc2)cc1. The molecule has 0 radical (unpaired) electrons. The van der Waals surface area contributed by atoms with E-state index in [9.17, 15) is 18.7 Å². The van der Waals surface area contributed by atoms with E-state index in [1.54, 1.807) is 30.3 Å². The molecule has 0 aliphatic carbocycles. The molecule has 2 aromatic rings. The van der Waals surface area contributed by atoms with E-state index in [2.05, 4.69) is 19.2 Å². The molecule has 1 amide bonds. The van der Waals surface area contributed by atoms with Gasteiger partial charge in [-0.3, -0.25) is 4.79 Å². The second-order valence-electron chi connectivity index (χ2n) is 7.31. The maximum atomic E-state index is 14.4. The number of benzene rings is 2. The number of aliphatic hydroxyl groups is 1. The lowest BCUT2D eigenvalue weighted by Crippen LogP contribution is -2.50. The van der Waals surface area contributed by atoms with Crippen molar-refractivity contribution in [2.75, 3.05) is 0 Å². The molecule has 2 rings (SSSR count). The first-order chi connectivity index (χ1) is 12.7. The predicted octanol–water partition coefficient (Wildman–Crippen LogP) is 4.30. The molecule has 0 saturated heterocycles. The topological polar surface area (TPSA) is 49.3 Å². The molecule has 0 spiro atoms. The van der Waals surface area contributed by atoms with Crippen LogP contribution in [0.1, 0.15) is 43.4 Å². The number of carbonyl (C=O) groups is 1. The van der Waals surface area contributed by atoms with Crippen LogP contribution in [0.3, 0.4) is 0 Å². The van der Waals surface area contributed by atoms with Gasteiger partial charge in [0.2, 0.25) is 0 Å². The van der Waals surface area contributed by atoms with E-state index in [4.69, 9.17) is 0 Å². The predicted molar refractivity (Wildman–Crippen MR) is 103 cm³/mol. The van der Waals surface area contributed by atoms with Gasteiger partial charge < -0.3 is 10.4 Å². The van der Waals surface area contributed by atoms with E-state index in [1.807, 2.05) is 24.3 Å². The van der Waals surface area contributed by atoms with Crippen LogP contribution in [0.15, 0.2) is 54.6 Å². The number of amides is 1. The van der Waals surface area contributed by atoms with E-state index in [0.29, 0.717) is 5.92 Å². The van der Waals surface area contributed by atoms with Crippen molar-refractivity contribution in [1.82, 2.24) is 5.32 Å². The Kier molecular flexibility index (Phi) is 7.08. The van der Waals surface area contributed by atoms with Crippen LogP contribution in [0.2, 0.25) is 0 Å². The first kappa shape index (κ1) is 21.0. The Hall–Kier alpha value is -2.27. The third kappa shape index (κ3) is 5.60. The van der Waals surface area contributed by atoms with Gasteiger partial charge in [-0.05, 0) is 34.9 Å². The standard InChI is InChI=1S/C22H27F2NO2/c1-15(2)19-11-9-17(10-12-19)13-16(3)20(26)22(23,24)21(27)25-14-18-7-5-4-6-8-18/h4-12,15-16,20,26H,13-14H2,1-3H3,(H,25,27). The second-order valence-corrected chi connectivity index (χ2v) is 7.31. The summed E-state index contributed by atoms with van der Waals surface area (Å²) >= 11 is 0. The minimum Gasteiger partial charge on any atom is -0.386 e. The summed E-state index contributed by atoms with van der Waals surface area (Å²) in [5.41, 5.74) is 2.73. The van der Waals surface area contributed by atoms with Gasteiger partial charge in [0.05, 0.1) is 0 Å². The number of aliphatic hydroxyl groups excluding tert-OH is 1. The van der Waals surface area contributed by atoms with Gasteiger partial charge in [0.1, 0.15) is 6.10 Å². The van der Waals surface area contributed by atoms with Crippen LogP contribution in [0, 0.1) is 5.92 Å². The molecule has 2 atom stereocenters. The van der Waals surface area contributed by atoms with E-state index >= 15 is 0 Å². The quantitative estimate of drug-likeness (QED) is 0.723. The van der Waals surface area contributed by atoms with Gasteiger partial charge in [-0.2, -0.15) is 8.78 Å². The van der Waals surface area contributed by atoms with Gasteiger partial charge in [0.15, 0.2) is 0 Å². The Morgan fingerprint density at radius 2 is 1.59 bits per heavy atom. The number of rotatable bonds is 8. The van der Waals surface area contributed by atoms with Crippen molar-refractivity contribution < 1.29 is 18.7 Å². The Balaban J connectivity index is 1.96. The highest BCUT2D eigenvalue weighted by Crippen LogP contribution is 2.27. The van der Waals surface area contributed by atoms with Crippen molar-refractivity contribution in [2.24, 2.45) is 5.92 Å². The van der Waals surface area contributed by atoms with Gasteiger partial charge >= 0.3 is 5.92 Å². The highest BCUT2D eigenvalue weighted by atomic mass is 19.3. The molecule has 0 aliphatic heterocycles. The Morgan fingerprint density at radius 3 is 2.15 bits per heavy atom. The molecule has 0 aromatic heterocycles. The first-order valence-corrected chi connectivity index (χ1v) is 9.18. The third-order valence-electron chi connectivity index (χ3n) is 4.71. The van der Waals surface area contributed by atoms with Crippen LogP contribution >= 0.6 is 0 Å². The third-order valence-corrected chi connectivity index (χ3v) is 4.71. The summed E-state index contributed by atoms with van der Waals surface area (Å²) in [6.07, 6.45) is -1.79. The van der Waals surface area contributed by atoms with Crippen LogP contribution in [-0.2, 0) is 17.8 Å². The second kappa shape index (κ2) is 9.09. The maximum Gasteiger partial charge on any atom is 0.349 e. The molecule has 0 heterocycles. The van der Waals surface area contributed by atoms with Crippen molar-refractivity contribution in [2.45, 2.75) is 51.7 Å². The molecule has 0 saturated carbocycles. The summed E-state index contributed by atoms with van der Waals surface area (Å²) in [6.45, 7) is 5.68. The monoisotopic (exact) mass is 375 g/mol. The fourth-order valence-electron chi connectivity index (χ4n) is 2.91. The molecular formula is C22H27F2NO2. The van der Waals surface area contributed by atoms with Crippen molar-refractivity contribution in [3.8, 4) is 0 Å². The number of hydrogen-bond donors (Lipinski definition) is 2. The van der Waals surface area contributed by atoms with Crippen LogP contribution < -0.4 is 5.32 Å². The van der Waals surface area contributed by atoms with Gasteiger partial charge in [-0.1, -0.05) is 75.4 Å². The summed E-state index contributed by atoms with van der Waals surface area (Å²) in [7, 11) is 0. The fraction of sp³-hybridized carbons (Fsp3) is 0.409. The van der Waals surface area contributed by atoms with Crippen LogP contribution in [0.5, 0.6) is 0 Å². The summed E-state index contributed by atoms with van der Waals surface area (Å²) in [4.78, 5) is 11.9. The lowest BCUT2D eigenvalue weighted by atomic mass is 9.90. The molecule has 2 aromatic carbocycles. The smallest absolute Gasteiger partial charge is 0.349 e. The van der Waals surface area contributed by atoms with Crippen molar-refractivity contribution in [3.05, 3.63) is 71.3 Å². The van der Waals surface area contributed by atoms with E-state index in [-0.39, 0.29) is 13.0 Å². The van der Waals surface area contributed by atoms with Gasteiger partial charge in [-0.25, -0.2) is 0 Å². The highest BCUT2D eigenvalue weighted by molar-refractivity contribution is 5.84. The fourth-order valence-corrected chi connectivity index (χ4v) is 2.91. The molecule has 0 aliphatic rings. The van der Waals surface area contributed by atoms with Gasteiger partial charge in [-0.15, -0.1) is 0 Å². The number of alkyl halides is 2. The minimum atomic E-state index is -3.86. The summed E-state index contributed by atoms with van der Waals surface area (Å²) < 4.78 is 28.7. The zero-order valence-corrected chi connectivity index (χ0v) is 16.0. The van der Waals surface area contributed by atoms with Crippen LogP contribution in [-0.4, -0.2) is 23.0 Å². The van der Waals surface area contributed by atoms with Crippen molar-refractivity contribution in [3.63, 3.8) is 0 Å². The largest absolute Gasteiger partial charge is 0.386 e. The molecule has 2 N–H and O–H groups in total. The maximum absolute atomic E-state index is 14.4. The lowest BCUT2D eigenvalue weighted by Gasteiger charge is -2.26. The number of hydrogen-bond acceptors (Lipinski definition) is 2. The molecule has 3 nitrogen and oxygen atoms in total. The average Bonchev–Trinajstić information content (AvgIpc) is 2.66. The van der Waals surface area contributed by atoms with E-state index in [0.717, 1.165) is 16.7 Å². The highest BCUT2D eigenvalue weighted by Gasteiger charge is 2.48. The number of carbonyl (C=O) groups excluding carboxylic acids is 1.